The van der Waals surface area contributed by atoms with Crippen molar-refractivity contribution in [1.82, 2.24) is 9.97 Å². The van der Waals surface area contributed by atoms with E-state index in [1.807, 2.05) is 26.0 Å². The molecule has 8 heteroatoms. The highest BCUT2D eigenvalue weighted by Crippen LogP contribution is 2.36. The molecule has 0 saturated heterocycles. The number of nitrogens with zero attached hydrogens (tertiary/aromatic N) is 3. The number of aromatic nitrogens is 2. The fraction of sp³-hybridized carbons (Fsp3) is 0.148. The van der Waals surface area contributed by atoms with E-state index >= 15 is 0 Å². The number of aryl methyl sites for hydroxylation is 2. The van der Waals surface area contributed by atoms with Crippen molar-refractivity contribution in [3.63, 3.8) is 0 Å². The number of rotatable bonds is 5. The highest BCUT2D eigenvalue weighted by atomic mass is 19.1. The first kappa shape index (κ1) is 22.4. The van der Waals surface area contributed by atoms with Crippen LogP contribution in [-0.4, -0.2) is 9.97 Å². The Kier molecular flexibility index (Phi) is 5.85. The Morgan fingerprint density at radius 2 is 1.69 bits per heavy atom. The molecule has 174 valence electrons. The lowest BCUT2D eigenvalue weighted by Gasteiger charge is -2.16. The zero-order valence-electron chi connectivity index (χ0n) is 19.0. The van der Waals surface area contributed by atoms with Crippen molar-refractivity contribution < 1.29 is 18.3 Å². The number of nitriles is 1. The average molecular weight is 470 g/mol. The first-order chi connectivity index (χ1) is 16.9. The van der Waals surface area contributed by atoms with Crippen LogP contribution in [0.25, 0.3) is 11.1 Å². The van der Waals surface area contributed by atoms with Gasteiger partial charge in [0, 0.05) is 5.69 Å². The highest BCUT2D eigenvalue weighted by Gasteiger charge is 2.23. The smallest absolute Gasteiger partial charge is 0.230 e. The van der Waals surface area contributed by atoms with Gasteiger partial charge in [-0.15, -0.1) is 0 Å². The molecule has 5 rings (SSSR count). The molecule has 1 aliphatic heterocycles. The summed E-state index contributed by atoms with van der Waals surface area (Å²) in [7, 11) is 0. The molecule has 0 radical (unpaired) electrons. The lowest BCUT2D eigenvalue weighted by molar-refractivity contribution is 0.132. The molecular formula is C27H20F2N4O2. The summed E-state index contributed by atoms with van der Waals surface area (Å²) >= 11 is 0. The third kappa shape index (κ3) is 4.54. The van der Waals surface area contributed by atoms with Crippen LogP contribution in [0, 0.1) is 36.8 Å². The van der Waals surface area contributed by atoms with Crippen molar-refractivity contribution >= 4 is 11.6 Å². The number of hydrogen-bond acceptors (Lipinski definition) is 6. The van der Waals surface area contributed by atoms with E-state index in [1.54, 1.807) is 24.3 Å². The monoisotopic (exact) mass is 470 g/mol. The van der Waals surface area contributed by atoms with Gasteiger partial charge in [0.2, 0.25) is 11.8 Å². The van der Waals surface area contributed by atoms with Gasteiger partial charge in [0.1, 0.15) is 23.5 Å². The van der Waals surface area contributed by atoms with E-state index in [0.717, 1.165) is 27.8 Å². The summed E-state index contributed by atoms with van der Waals surface area (Å²) in [5.41, 5.74) is 5.43. The molecule has 1 aromatic heterocycles. The second-order valence-corrected chi connectivity index (χ2v) is 8.25. The molecule has 0 bridgehead atoms. The predicted molar refractivity (Wildman–Crippen MR) is 126 cm³/mol. The van der Waals surface area contributed by atoms with Crippen LogP contribution in [0.5, 0.6) is 11.6 Å². The Hall–Kier alpha value is -4.35. The summed E-state index contributed by atoms with van der Waals surface area (Å²) in [5, 5.41) is 11.9. The van der Waals surface area contributed by atoms with Crippen LogP contribution in [0.1, 0.15) is 27.9 Å². The van der Waals surface area contributed by atoms with Crippen LogP contribution in [0.4, 0.5) is 20.4 Å². The molecule has 0 saturated carbocycles. The number of fused-ring (bicyclic) bond motifs is 1. The number of ether oxygens (including phenoxy) is 2. The minimum Gasteiger partial charge on any atom is -0.438 e. The van der Waals surface area contributed by atoms with Crippen molar-refractivity contribution in [3.8, 4) is 28.8 Å². The van der Waals surface area contributed by atoms with Crippen LogP contribution in [0.3, 0.4) is 0 Å². The Bertz CT molecular complexity index is 1460. The van der Waals surface area contributed by atoms with Gasteiger partial charge in [-0.05, 0) is 78.6 Å². The predicted octanol–water partition coefficient (Wildman–Crippen LogP) is 6.48. The fourth-order valence-electron chi connectivity index (χ4n) is 3.99. The Labute approximate surface area is 200 Å². The Morgan fingerprint density at radius 3 is 2.37 bits per heavy atom. The molecule has 1 N–H and O–H groups in total. The van der Waals surface area contributed by atoms with Gasteiger partial charge in [-0.25, -0.2) is 13.8 Å². The van der Waals surface area contributed by atoms with Gasteiger partial charge in [-0.1, -0.05) is 12.1 Å². The van der Waals surface area contributed by atoms with Crippen LogP contribution in [0.15, 0.2) is 54.6 Å². The summed E-state index contributed by atoms with van der Waals surface area (Å²) < 4.78 is 39.2. The van der Waals surface area contributed by atoms with Crippen molar-refractivity contribution in [1.29, 1.82) is 5.26 Å². The van der Waals surface area contributed by atoms with E-state index in [4.69, 9.17) is 14.7 Å². The van der Waals surface area contributed by atoms with Crippen molar-refractivity contribution in [3.05, 3.63) is 94.2 Å². The zero-order chi connectivity index (χ0) is 24.5. The summed E-state index contributed by atoms with van der Waals surface area (Å²) in [6.07, 6.45) is 0. The molecule has 0 spiro atoms. The molecule has 0 amide bonds. The lowest BCUT2D eigenvalue weighted by Crippen LogP contribution is -2.05. The van der Waals surface area contributed by atoms with Gasteiger partial charge in [-0.3, -0.25) is 0 Å². The quantitative estimate of drug-likeness (QED) is 0.360. The molecule has 0 unspecified atom stereocenters. The van der Waals surface area contributed by atoms with Gasteiger partial charge in [0.15, 0.2) is 0 Å². The molecule has 0 fully saturated rings. The van der Waals surface area contributed by atoms with Crippen molar-refractivity contribution in [2.45, 2.75) is 27.1 Å². The van der Waals surface area contributed by atoms with E-state index in [0.29, 0.717) is 36.2 Å². The van der Waals surface area contributed by atoms with E-state index in [9.17, 15) is 8.78 Å². The Balaban J connectivity index is 1.47. The van der Waals surface area contributed by atoms with E-state index in [1.165, 1.54) is 24.3 Å². The molecule has 1 aliphatic rings. The molecule has 0 aliphatic carbocycles. The zero-order valence-corrected chi connectivity index (χ0v) is 19.0. The third-order valence-electron chi connectivity index (χ3n) is 5.72. The van der Waals surface area contributed by atoms with Gasteiger partial charge in [0.05, 0.1) is 30.0 Å². The summed E-state index contributed by atoms with van der Waals surface area (Å²) in [6.45, 7) is 4.51. The summed E-state index contributed by atoms with van der Waals surface area (Å²) in [4.78, 5) is 9.01. The summed E-state index contributed by atoms with van der Waals surface area (Å²) in [6, 6.07) is 16.3. The number of benzene rings is 3. The van der Waals surface area contributed by atoms with E-state index in [2.05, 4.69) is 15.3 Å². The fourth-order valence-corrected chi connectivity index (χ4v) is 3.99. The molecule has 3 aromatic carbocycles. The van der Waals surface area contributed by atoms with E-state index in [-0.39, 0.29) is 17.3 Å². The number of nitrogens with one attached hydrogen (secondary N) is 1. The van der Waals surface area contributed by atoms with Crippen LogP contribution in [-0.2, 0) is 18.0 Å². The average Bonchev–Trinajstić information content (AvgIpc) is 3.31. The largest absolute Gasteiger partial charge is 0.438 e. The summed E-state index contributed by atoms with van der Waals surface area (Å²) in [5.74, 6) is 0.316. The van der Waals surface area contributed by atoms with Crippen LogP contribution < -0.4 is 10.1 Å². The molecule has 2 heterocycles. The molecule has 35 heavy (non-hydrogen) atoms. The maximum atomic E-state index is 14.0. The second kappa shape index (κ2) is 9.12. The lowest BCUT2D eigenvalue weighted by atomic mass is 10.00. The number of anilines is 2. The van der Waals surface area contributed by atoms with Crippen molar-refractivity contribution in [2.75, 3.05) is 5.32 Å². The Morgan fingerprint density at radius 1 is 0.943 bits per heavy atom. The van der Waals surface area contributed by atoms with Crippen LogP contribution >= 0.6 is 0 Å². The topological polar surface area (TPSA) is 80.1 Å². The molecule has 4 aromatic rings. The SMILES string of the molecule is Cc1cc(-c2ccc(F)cc2)cc(C)c1Oc1nc(Nc2ccc(C#N)c(F)c2)nc2c1COC2. The standard InChI is InChI=1S/C27H20F2N4O2/c1-15-9-19(17-3-6-20(28)7-4-17)10-16(2)25(15)35-26-22-13-34-14-24(22)32-27(33-26)31-21-8-5-18(12-30)23(29)11-21/h3-11H,13-14H2,1-2H3,(H,31,32,33). The van der Waals surface area contributed by atoms with Gasteiger partial charge in [-0.2, -0.15) is 10.2 Å². The molecule has 0 atom stereocenters. The van der Waals surface area contributed by atoms with Gasteiger partial charge >= 0.3 is 0 Å². The number of halogens is 2. The minimum absolute atomic E-state index is 0.0436. The van der Waals surface area contributed by atoms with Crippen molar-refractivity contribution in [2.24, 2.45) is 0 Å². The molecular weight excluding hydrogens is 450 g/mol. The first-order valence-electron chi connectivity index (χ1n) is 10.9. The van der Waals surface area contributed by atoms with Crippen LogP contribution in [0.2, 0.25) is 0 Å². The normalized spacial score (nSPS) is 12.2. The third-order valence-corrected chi connectivity index (χ3v) is 5.72. The van der Waals surface area contributed by atoms with Gasteiger partial charge < -0.3 is 14.8 Å². The maximum absolute atomic E-state index is 14.0. The minimum atomic E-state index is -0.633. The molecule has 6 nitrogen and oxygen atoms in total. The van der Waals surface area contributed by atoms with E-state index < -0.39 is 5.82 Å². The maximum Gasteiger partial charge on any atom is 0.230 e. The van der Waals surface area contributed by atoms with Gasteiger partial charge in [0.25, 0.3) is 0 Å². The first-order valence-corrected chi connectivity index (χ1v) is 10.9. The second-order valence-electron chi connectivity index (χ2n) is 8.25. The number of hydrogen-bond donors (Lipinski definition) is 1. The highest BCUT2D eigenvalue weighted by molar-refractivity contribution is 5.67.